The summed E-state index contributed by atoms with van der Waals surface area (Å²) in [5, 5.41) is 0. The van der Waals surface area contributed by atoms with Gasteiger partial charge in [0.15, 0.2) is 12.4 Å². The van der Waals surface area contributed by atoms with Gasteiger partial charge in [0.2, 0.25) is 0 Å². The molecule has 0 aliphatic rings. The first-order valence-corrected chi connectivity index (χ1v) is 8.68. The van der Waals surface area contributed by atoms with Crippen molar-refractivity contribution in [3.63, 3.8) is 0 Å². The lowest BCUT2D eigenvalue weighted by Crippen LogP contribution is -2.34. The van der Waals surface area contributed by atoms with Gasteiger partial charge in [-0.25, -0.2) is 0 Å². The number of ketones is 1. The minimum Gasteiger partial charge on any atom is -0.484 e. The van der Waals surface area contributed by atoms with Crippen LogP contribution in [0.1, 0.15) is 29.8 Å². The summed E-state index contributed by atoms with van der Waals surface area (Å²) < 4.78 is 5.58. The second-order valence-corrected chi connectivity index (χ2v) is 6.34. The Morgan fingerprint density at radius 2 is 1.73 bits per heavy atom. The number of hydrogen-bond donors (Lipinski definition) is 0. The number of amides is 1. The number of carbonyl (C=O) groups is 2. The SMILES string of the molecule is CCN(Cc1ccc(N(C)C)cc1)C(=O)COc1cccc(C(C)=O)c1. The molecule has 0 saturated heterocycles. The van der Waals surface area contributed by atoms with Gasteiger partial charge in [0.05, 0.1) is 0 Å². The zero-order valence-corrected chi connectivity index (χ0v) is 15.9. The maximum absolute atomic E-state index is 12.5. The Bertz CT molecular complexity index is 754. The van der Waals surface area contributed by atoms with Gasteiger partial charge >= 0.3 is 0 Å². The number of hydrogen-bond acceptors (Lipinski definition) is 4. The zero-order chi connectivity index (χ0) is 19.1. The Balaban J connectivity index is 1.95. The molecule has 2 aromatic rings. The third-order valence-electron chi connectivity index (χ3n) is 4.16. The number of rotatable bonds is 8. The quantitative estimate of drug-likeness (QED) is 0.682. The average Bonchev–Trinajstić information content (AvgIpc) is 2.64. The van der Waals surface area contributed by atoms with Gasteiger partial charge in [-0.3, -0.25) is 9.59 Å². The second kappa shape index (κ2) is 9.04. The largest absolute Gasteiger partial charge is 0.484 e. The maximum atomic E-state index is 12.5. The lowest BCUT2D eigenvalue weighted by molar-refractivity contribution is -0.133. The highest BCUT2D eigenvalue weighted by molar-refractivity contribution is 5.94. The first-order chi connectivity index (χ1) is 12.4. The van der Waals surface area contributed by atoms with Crippen LogP contribution in [-0.4, -0.2) is 43.8 Å². The highest BCUT2D eigenvalue weighted by Crippen LogP contribution is 2.16. The van der Waals surface area contributed by atoms with Crippen LogP contribution in [-0.2, 0) is 11.3 Å². The number of ether oxygens (including phenoxy) is 1. The predicted octanol–water partition coefficient (Wildman–Crippen LogP) is 3.38. The lowest BCUT2D eigenvalue weighted by atomic mass is 10.1. The minimum atomic E-state index is -0.0857. The van der Waals surface area contributed by atoms with Crippen molar-refractivity contribution in [1.82, 2.24) is 4.90 Å². The van der Waals surface area contributed by atoms with E-state index in [1.165, 1.54) is 6.92 Å². The predicted molar refractivity (Wildman–Crippen MR) is 104 cm³/mol. The van der Waals surface area contributed by atoms with Gasteiger partial charge in [-0.2, -0.15) is 0 Å². The van der Waals surface area contributed by atoms with Crippen molar-refractivity contribution in [2.24, 2.45) is 0 Å². The summed E-state index contributed by atoms with van der Waals surface area (Å²) in [6.07, 6.45) is 0. The molecular weight excluding hydrogens is 328 g/mol. The molecule has 0 spiro atoms. The van der Waals surface area contributed by atoms with E-state index in [2.05, 4.69) is 0 Å². The smallest absolute Gasteiger partial charge is 0.260 e. The van der Waals surface area contributed by atoms with Crippen molar-refractivity contribution in [3.8, 4) is 5.75 Å². The number of carbonyl (C=O) groups excluding carboxylic acids is 2. The van der Waals surface area contributed by atoms with Gasteiger partial charge in [0, 0.05) is 38.4 Å². The Morgan fingerprint density at radius 3 is 2.31 bits per heavy atom. The second-order valence-electron chi connectivity index (χ2n) is 6.34. The normalized spacial score (nSPS) is 10.3. The minimum absolute atomic E-state index is 0.0295. The fourth-order valence-corrected chi connectivity index (χ4v) is 2.54. The third kappa shape index (κ3) is 5.34. The fraction of sp³-hybridized carbons (Fsp3) is 0.333. The van der Waals surface area contributed by atoms with Crippen molar-refractivity contribution in [2.45, 2.75) is 20.4 Å². The van der Waals surface area contributed by atoms with Crippen molar-refractivity contribution in [1.29, 1.82) is 0 Å². The Kier molecular flexibility index (Phi) is 6.78. The van der Waals surface area contributed by atoms with Gasteiger partial charge in [-0.05, 0) is 43.7 Å². The van der Waals surface area contributed by atoms with Crippen LogP contribution in [0.4, 0.5) is 5.69 Å². The van der Waals surface area contributed by atoms with Crippen molar-refractivity contribution in [3.05, 3.63) is 59.7 Å². The number of benzene rings is 2. The fourth-order valence-electron chi connectivity index (χ4n) is 2.54. The Labute approximate surface area is 155 Å². The van der Waals surface area contributed by atoms with Gasteiger partial charge in [-0.15, -0.1) is 0 Å². The van der Waals surface area contributed by atoms with Gasteiger partial charge < -0.3 is 14.5 Å². The van der Waals surface area contributed by atoms with Crippen LogP contribution in [0.15, 0.2) is 48.5 Å². The van der Waals surface area contributed by atoms with Crippen LogP contribution in [0.3, 0.4) is 0 Å². The summed E-state index contributed by atoms with van der Waals surface area (Å²) in [6, 6.07) is 15.0. The van der Waals surface area contributed by atoms with Gasteiger partial charge in [0.1, 0.15) is 5.75 Å². The van der Waals surface area contributed by atoms with E-state index in [9.17, 15) is 9.59 Å². The van der Waals surface area contributed by atoms with Crippen LogP contribution in [0, 0.1) is 0 Å². The number of nitrogens with zero attached hydrogens (tertiary/aromatic N) is 2. The molecule has 0 aliphatic heterocycles. The summed E-state index contributed by atoms with van der Waals surface area (Å²) >= 11 is 0. The summed E-state index contributed by atoms with van der Waals surface area (Å²) in [6.45, 7) is 4.54. The molecule has 2 rings (SSSR count). The van der Waals surface area contributed by atoms with Crippen LogP contribution in [0.2, 0.25) is 0 Å². The molecule has 0 N–H and O–H groups in total. The van der Waals surface area contributed by atoms with Gasteiger partial charge in [-0.1, -0.05) is 24.3 Å². The number of likely N-dealkylation sites (N-methyl/N-ethyl adjacent to an activating group) is 1. The molecule has 1 amide bonds. The van der Waals surface area contributed by atoms with E-state index in [0.29, 0.717) is 24.4 Å². The van der Waals surface area contributed by atoms with E-state index >= 15 is 0 Å². The van der Waals surface area contributed by atoms with E-state index in [4.69, 9.17) is 4.74 Å². The van der Waals surface area contributed by atoms with Crippen LogP contribution in [0.25, 0.3) is 0 Å². The molecule has 26 heavy (non-hydrogen) atoms. The van der Waals surface area contributed by atoms with E-state index in [0.717, 1.165) is 11.3 Å². The first-order valence-electron chi connectivity index (χ1n) is 8.68. The van der Waals surface area contributed by atoms with Crippen LogP contribution in [0.5, 0.6) is 5.75 Å². The van der Waals surface area contributed by atoms with E-state index in [1.807, 2.05) is 50.2 Å². The van der Waals surface area contributed by atoms with E-state index < -0.39 is 0 Å². The molecule has 5 heteroatoms. The molecule has 0 aliphatic carbocycles. The topological polar surface area (TPSA) is 49.9 Å². The summed E-state index contributed by atoms with van der Waals surface area (Å²) in [5.74, 6) is 0.410. The molecular formula is C21H26N2O3. The van der Waals surface area contributed by atoms with Crippen LogP contribution >= 0.6 is 0 Å². The maximum Gasteiger partial charge on any atom is 0.260 e. The summed E-state index contributed by atoms with van der Waals surface area (Å²) in [4.78, 5) is 27.7. The standard InChI is InChI=1S/C21H26N2O3/c1-5-23(14-17-9-11-19(12-10-17)22(3)4)21(25)15-26-20-8-6-7-18(13-20)16(2)24/h6-13H,5,14-15H2,1-4H3. The lowest BCUT2D eigenvalue weighted by Gasteiger charge is -2.22. The van der Waals surface area contributed by atoms with E-state index in [1.54, 1.807) is 29.2 Å². The molecule has 0 fully saturated rings. The zero-order valence-electron chi connectivity index (χ0n) is 15.9. The Hall–Kier alpha value is -2.82. The summed E-state index contributed by atoms with van der Waals surface area (Å²) in [7, 11) is 3.99. The van der Waals surface area contributed by atoms with Crippen LogP contribution < -0.4 is 9.64 Å². The third-order valence-corrected chi connectivity index (χ3v) is 4.16. The number of Topliss-reactive ketones (excluding diaryl/α,β-unsaturated/α-hetero) is 1. The molecule has 0 saturated carbocycles. The molecule has 0 aromatic heterocycles. The highest BCUT2D eigenvalue weighted by Gasteiger charge is 2.13. The monoisotopic (exact) mass is 354 g/mol. The summed E-state index contributed by atoms with van der Waals surface area (Å²) in [5.41, 5.74) is 2.77. The molecule has 0 atom stereocenters. The molecule has 0 heterocycles. The first kappa shape index (κ1) is 19.5. The Morgan fingerprint density at radius 1 is 1.04 bits per heavy atom. The highest BCUT2D eigenvalue weighted by atomic mass is 16.5. The molecule has 0 radical (unpaired) electrons. The van der Waals surface area contributed by atoms with Gasteiger partial charge in [0.25, 0.3) is 5.91 Å². The molecule has 0 unspecified atom stereocenters. The van der Waals surface area contributed by atoms with Crippen molar-refractivity contribution in [2.75, 3.05) is 32.1 Å². The number of anilines is 1. The van der Waals surface area contributed by atoms with Crippen molar-refractivity contribution >= 4 is 17.4 Å². The molecule has 2 aromatic carbocycles. The molecule has 138 valence electrons. The van der Waals surface area contributed by atoms with E-state index in [-0.39, 0.29) is 18.3 Å². The molecule has 5 nitrogen and oxygen atoms in total. The van der Waals surface area contributed by atoms with Crippen molar-refractivity contribution < 1.29 is 14.3 Å². The molecule has 0 bridgehead atoms. The average molecular weight is 354 g/mol.